The topological polar surface area (TPSA) is 101 Å². The summed E-state index contributed by atoms with van der Waals surface area (Å²) in [5, 5.41) is 11.6. The maximum Gasteiger partial charge on any atom is 0.238 e. The Balaban J connectivity index is 1.38. The van der Waals surface area contributed by atoms with Gasteiger partial charge in [0, 0.05) is 26.5 Å². The van der Waals surface area contributed by atoms with Crippen LogP contribution in [0.3, 0.4) is 0 Å². The highest BCUT2D eigenvalue weighted by molar-refractivity contribution is 14.1. The van der Waals surface area contributed by atoms with E-state index in [0.717, 1.165) is 9.14 Å². The number of hydrogen-bond donors (Lipinski definition) is 1. The minimum Gasteiger partial charge on any atom is -0.508 e. The van der Waals surface area contributed by atoms with Crippen molar-refractivity contribution in [2.24, 2.45) is 23.7 Å². The number of halogens is 1. The van der Waals surface area contributed by atoms with E-state index >= 15 is 9.59 Å². The van der Waals surface area contributed by atoms with E-state index < -0.39 is 35.0 Å². The Kier molecular flexibility index (Phi) is 7.66. The Morgan fingerprint density at radius 3 is 2.20 bits per heavy atom. The van der Waals surface area contributed by atoms with Crippen molar-refractivity contribution in [1.82, 2.24) is 0 Å². The number of ketones is 2. The Labute approximate surface area is 297 Å². The third-order valence-electron chi connectivity index (χ3n) is 11.0. The van der Waals surface area contributed by atoms with Gasteiger partial charge in [-0.2, -0.15) is 0 Å². The zero-order valence-electron chi connectivity index (χ0n) is 26.6. The molecule has 4 aromatic carbocycles. The van der Waals surface area contributed by atoms with E-state index in [1.807, 2.05) is 78.9 Å². The highest BCUT2D eigenvalue weighted by Crippen LogP contribution is 2.65. The normalized spacial score (nSPS) is 27.6. The van der Waals surface area contributed by atoms with Gasteiger partial charge in [0.05, 0.1) is 30.0 Å². The molecule has 0 radical (unpaired) electrons. The summed E-state index contributed by atoms with van der Waals surface area (Å²) in [6.07, 6.45) is 3.93. The second-order valence-electron chi connectivity index (χ2n) is 13.2. The average molecular weight is 762 g/mol. The molecule has 1 aliphatic heterocycles. The molecule has 2 fully saturated rings. The standard InChI is InChI=1S/C41H32INO6/c1-49-33-14-8-13-32(44)36(33)37-27-19-20-28-35(40(48)43(39(28)47)26-17-15-25(42)16-18-26)30(27)21-31-38(46)29(23-9-4-2-5-10-23)22-34(45)41(31,37)24-11-6-3-7-12-24/h2-19,22,28,30-31,35,37,44H,20-21H2,1H3/t28-,30+,31-,35-,37+,41-/m0/s1. The molecule has 0 unspecified atom stereocenters. The fraction of sp³-hybridized carbons (Fsp3) is 0.220. The maximum absolute atomic E-state index is 15.1. The van der Waals surface area contributed by atoms with Gasteiger partial charge in [-0.05, 0) is 95.0 Å². The summed E-state index contributed by atoms with van der Waals surface area (Å²) in [7, 11) is 1.51. The number of imide groups is 1. The lowest BCUT2D eigenvalue weighted by molar-refractivity contribution is -0.135. The number of carbonyl (C=O) groups is 4. The van der Waals surface area contributed by atoms with Crippen LogP contribution in [0.1, 0.15) is 35.4 Å². The molecule has 244 valence electrons. The molecule has 7 nitrogen and oxygen atoms in total. The number of allylic oxidation sites excluding steroid dienone is 4. The molecule has 0 aromatic heterocycles. The molecular weight excluding hydrogens is 729 g/mol. The number of ether oxygens (including phenoxy) is 1. The lowest BCUT2D eigenvalue weighted by atomic mass is 9.44. The molecule has 0 spiro atoms. The van der Waals surface area contributed by atoms with E-state index in [0.29, 0.717) is 33.7 Å². The zero-order chi connectivity index (χ0) is 34.0. The van der Waals surface area contributed by atoms with Crippen molar-refractivity contribution in [3.8, 4) is 11.5 Å². The van der Waals surface area contributed by atoms with Gasteiger partial charge in [-0.1, -0.05) is 78.4 Å². The number of phenolic OH excluding ortho intramolecular Hbond substituents is 1. The number of phenols is 1. The third-order valence-corrected chi connectivity index (χ3v) is 11.7. The SMILES string of the molecule is COc1cccc(O)c1[C@H]1C2=CC[C@@H]3C(=O)N(c4ccc(I)cc4)C(=O)[C@@H]3[C@@H]2C[C@H]2C(=O)C(c3ccccc3)=CC(=O)[C@@]12c1ccccc1. The summed E-state index contributed by atoms with van der Waals surface area (Å²) in [6, 6.07) is 30.7. The number of benzene rings is 4. The molecule has 0 bridgehead atoms. The quantitative estimate of drug-likeness (QED) is 0.133. The van der Waals surface area contributed by atoms with Gasteiger partial charge in [0.1, 0.15) is 11.5 Å². The molecule has 1 N–H and O–H groups in total. The first kappa shape index (κ1) is 31.4. The van der Waals surface area contributed by atoms with Crippen molar-refractivity contribution in [2.75, 3.05) is 12.0 Å². The fourth-order valence-corrected chi connectivity index (χ4v) is 9.39. The number of aromatic hydroxyl groups is 1. The lowest BCUT2D eigenvalue weighted by Gasteiger charge is -2.55. The predicted molar refractivity (Wildman–Crippen MR) is 193 cm³/mol. The molecule has 2 amide bonds. The van der Waals surface area contributed by atoms with Gasteiger partial charge < -0.3 is 9.84 Å². The first-order chi connectivity index (χ1) is 23.8. The molecule has 1 saturated heterocycles. The Morgan fingerprint density at radius 2 is 1.51 bits per heavy atom. The van der Waals surface area contributed by atoms with E-state index in [4.69, 9.17) is 4.74 Å². The number of carbonyl (C=O) groups excluding carboxylic acids is 4. The van der Waals surface area contributed by atoms with Gasteiger partial charge in [-0.3, -0.25) is 24.1 Å². The monoisotopic (exact) mass is 761 g/mol. The molecule has 8 heteroatoms. The molecule has 1 saturated carbocycles. The van der Waals surface area contributed by atoms with Crippen molar-refractivity contribution in [1.29, 1.82) is 0 Å². The van der Waals surface area contributed by atoms with Crippen LogP contribution in [0.2, 0.25) is 0 Å². The highest BCUT2D eigenvalue weighted by Gasteiger charge is 2.66. The van der Waals surface area contributed by atoms with Crippen LogP contribution in [-0.2, 0) is 24.6 Å². The largest absolute Gasteiger partial charge is 0.508 e. The van der Waals surface area contributed by atoms with Crippen LogP contribution in [0.5, 0.6) is 11.5 Å². The maximum atomic E-state index is 15.1. The van der Waals surface area contributed by atoms with Crippen LogP contribution in [0.15, 0.2) is 121 Å². The predicted octanol–water partition coefficient (Wildman–Crippen LogP) is 7.03. The first-order valence-electron chi connectivity index (χ1n) is 16.4. The van der Waals surface area contributed by atoms with E-state index in [-0.39, 0.29) is 42.0 Å². The molecular formula is C41H32INO6. The first-order valence-corrected chi connectivity index (χ1v) is 17.5. The van der Waals surface area contributed by atoms with Gasteiger partial charge in [0.15, 0.2) is 11.6 Å². The molecule has 8 rings (SSSR count). The molecule has 3 aliphatic carbocycles. The van der Waals surface area contributed by atoms with E-state index in [2.05, 4.69) is 22.6 Å². The van der Waals surface area contributed by atoms with Crippen LogP contribution < -0.4 is 9.64 Å². The molecule has 49 heavy (non-hydrogen) atoms. The van der Waals surface area contributed by atoms with Crippen LogP contribution >= 0.6 is 22.6 Å². The van der Waals surface area contributed by atoms with Crippen LogP contribution in [0, 0.1) is 27.2 Å². The summed E-state index contributed by atoms with van der Waals surface area (Å²) < 4.78 is 6.83. The highest BCUT2D eigenvalue weighted by atomic mass is 127. The summed E-state index contributed by atoms with van der Waals surface area (Å²) in [5.74, 6) is -4.42. The van der Waals surface area contributed by atoms with Gasteiger partial charge in [-0.25, -0.2) is 0 Å². The van der Waals surface area contributed by atoms with Crippen molar-refractivity contribution < 1.29 is 29.0 Å². The number of fused-ring (bicyclic) bond motifs is 4. The van der Waals surface area contributed by atoms with Crippen LogP contribution in [0.25, 0.3) is 5.57 Å². The summed E-state index contributed by atoms with van der Waals surface area (Å²) in [5.41, 5.74) is 1.81. The number of Topliss-reactive ketones (excluding diaryl/α,β-unsaturated/α-hetero) is 1. The number of amides is 2. The van der Waals surface area contributed by atoms with Gasteiger partial charge >= 0.3 is 0 Å². The minimum atomic E-state index is -1.46. The number of methoxy groups -OCH3 is 1. The number of anilines is 1. The number of hydrogen-bond acceptors (Lipinski definition) is 6. The minimum absolute atomic E-state index is 0.0745. The van der Waals surface area contributed by atoms with Crippen molar-refractivity contribution in [2.45, 2.75) is 24.2 Å². The van der Waals surface area contributed by atoms with Crippen LogP contribution in [-0.4, -0.2) is 35.6 Å². The zero-order valence-corrected chi connectivity index (χ0v) is 28.7. The second kappa shape index (κ2) is 11.9. The molecule has 6 atom stereocenters. The van der Waals surface area contributed by atoms with Crippen molar-refractivity contribution >= 4 is 57.2 Å². The number of nitrogens with zero attached hydrogens (tertiary/aromatic N) is 1. The van der Waals surface area contributed by atoms with E-state index in [1.54, 1.807) is 30.3 Å². The summed E-state index contributed by atoms with van der Waals surface area (Å²) in [6.45, 7) is 0. The Morgan fingerprint density at radius 1 is 0.816 bits per heavy atom. The Bertz CT molecular complexity index is 2090. The van der Waals surface area contributed by atoms with Crippen molar-refractivity contribution in [3.05, 3.63) is 141 Å². The second-order valence-corrected chi connectivity index (χ2v) is 14.4. The third kappa shape index (κ3) is 4.60. The van der Waals surface area contributed by atoms with Gasteiger partial charge in [0.2, 0.25) is 11.8 Å². The molecule has 4 aromatic rings. The van der Waals surface area contributed by atoms with E-state index in [9.17, 15) is 14.7 Å². The fourth-order valence-electron chi connectivity index (χ4n) is 9.03. The van der Waals surface area contributed by atoms with Crippen LogP contribution in [0.4, 0.5) is 5.69 Å². The summed E-state index contributed by atoms with van der Waals surface area (Å²) >= 11 is 2.18. The smallest absolute Gasteiger partial charge is 0.238 e. The van der Waals surface area contributed by atoms with Gasteiger partial charge in [0.25, 0.3) is 0 Å². The number of rotatable bonds is 5. The lowest BCUT2D eigenvalue weighted by Crippen LogP contribution is -2.58. The van der Waals surface area contributed by atoms with Gasteiger partial charge in [-0.15, -0.1) is 0 Å². The van der Waals surface area contributed by atoms with E-state index in [1.165, 1.54) is 18.1 Å². The van der Waals surface area contributed by atoms with Crippen molar-refractivity contribution in [3.63, 3.8) is 0 Å². The summed E-state index contributed by atoms with van der Waals surface area (Å²) in [4.78, 5) is 60.0. The Hall–Kier alpha value is -4.83. The molecule has 1 heterocycles. The molecule has 4 aliphatic rings. The average Bonchev–Trinajstić information content (AvgIpc) is 3.39.